The molecule has 1 aliphatic heterocycles. The van der Waals surface area contributed by atoms with E-state index in [0.717, 1.165) is 11.0 Å². The first-order valence-electron chi connectivity index (χ1n) is 10.7. The predicted octanol–water partition coefficient (Wildman–Crippen LogP) is 3.19. The lowest BCUT2D eigenvalue weighted by molar-refractivity contribution is -0.151. The van der Waals surface area contributed by atoms with Gasteiger partial charge in [-0.3, -0.25) is 9.59 Å². The van der Waals surface area contributed by atoms with E-state index in [1.165, 1.54) is 0 Å². The van der Waals surface area contributed by atoms with Crippen LogP contribution in [0.15, 0.2) is 48.5 Å². The van der Waals surface area contributed by atoms with Crippen LogP contribution in [-0.2, 0) is 19.1 Å². The van der Waals surface area contributed by atoms with Crippen molar-refractivity contribution in [1.82, 2.24) is 14.9 Å². The van der Waals surface area contributed by atoms with Crippen molar-refractivity contribution in [3.8, 4) is 11.4 Å². The Bertz CT molecular complexity index is 1100. The molecule has 166 valence electrons. The van der Waals surface area contributed by atoms with Crippen LogP contribution in [0.25, 0.3) is 22.4 Å². The van der Waals surface area contributed by atoms with Crippen LogP contribution >= 0.6 is 0 Å². The van der Waals surface area contributed by atoms with Gasteiger partial charge in [0.1, 0.15) is 5.82 Å². The number of imidazole rings is 1. The van der Waals surface area contributed by atoms with E-state index in [1.54, 1.807) is 30.0 Å². The second-order valence-electron chi connectivity index (χ2n) is 7.63. The molecule has 1 fully saturated rings. The first-order chi connectivity index (χ1) is 15.6. The zero-order valence-electron chi connectivity index (χ0n) is 17.9. The normalized spacial score (nSPS) is 14.3. The van der Waals surface area contributed by atoms with Gasteiger partial charge >= 0.3 is 11.9 Å². The van der Waals surface area contributed by atoms with Gasteiger partial charge in [0.05, 0.1) is 29.1 Å². The van der Waals surface area contributed by atoms with Crippen LogP contribution < -0.4 is 0 Å². The number of ether oxygens (including phenoxy) is 2. The zero-order valence-corrected chi connectivity index (χ0v) is 17.9. The van der Waals surface area contributed by atoms with E-state index < -0.39 is 5.97 Å². The Hall–Kier alpha value is -3.68. The molecule has 8 heteroatoms. The van der Waals surface area contributed by atoms with Gasteiger partial charge in [-0.25, -0.2) is 9.78 Å². The minimum absolute atomic E-state index is 0.183. The summed E-state index contributed by atoms with van der Waals surface area (Å²) >= 11 is 0. The smallest absolute Gasteiger partial charge is 0.339 e. The van der Waals surface area contributed by atoms with Gasteiger partial charge in [-0.1, -0.05) is 30.3 Å². The molecule has 8 nitrogen and oxygen atoms in total. The van der Waals surface area contributed by atoms with Crippen molar-refractivity contribution in [3.05, 3.63) is 54.1 Å². The minimum atomic E-state index is -0.587. The second kappa shape index (κ2) is 9.64. The summed E-state index contributed by atoms with van der Waals surface area (Å²) in [7, 11) is 0. The fourth-order valence-electron chi connectivity index (χ4n) is 3.87. The van der Waals surface area contributed by atoms with Gasteiger partial charge in [-0.2, -0.15) is 0 Å². The van der Waals surface area contributed by atoms with Crippen LogP contribution in [0.1, 0.15) is 30.1 Å². The van der Waals surface area contributed by atoms with Crippen molar-refractivity contribution < 1.29 is 23.9 Å². The number of nitrogens with one attached hydrogen (secondary N) is 1. The van der Waals surface area contributed by atoms with Crippen LogP contribution in [0, 0.1) is 5.92 Å². The molecule has 0 unspecified atom stereocenters. The lowest BCUT2D eigenvalue weighted by atomic mass is 9.97. The highest BCUT2D eigenvalue weighted by atomic mass is 16.5. The maximum Gasteiger partial charge on any atom is 0.339 e. The molecule has 1 aromatic heterocycles. The number of likely N-dealkylation sites (tertiary alicyclic amines) is 1. The standard InChI is InChI=1S/C24H25N3O5/c1-2-31-23(29)16-11-13-27(14-12-16)21(28)15-32-24(30)18-8-4-3-7-17(18)22-25-19-9-5-6-10-20(19)26-22/h3-10,16H,2,11-15H2,1H3,(H,25,26). The second-order valence-corrected chi connectivity index (χ2v) is 7.63. The molecule has 0 spiro atoms. The molecule has 1 aliphatic rings. The molecule has 1 amide bonds. The average molecular weight is 435 g/mol. The van der Waals surface area contributed by atoms with E-state index in [2.05, 4.69) is 9.97 Å². The van der Waals surface area contributed by atoms with Crippen molar-refractivity contribution in [2.75, 3.05) is 26.3 Å². The summed E-state index contributed by atoms with van der Waals surface area (Å²) in [5, 5.41) is 0. The van der Waals surface area contributed by atoms with E-state index in [1.807, 2.05) is 30.3 Å². The summed E-state index contributed by atoms with van der Waals surface area (Å²) in [6, 6.07) is 14.6. The maximum atomic E-state index is 12.8. The van der Waals surface area contributed by atoms with E-state index in [-0.39, 0.29) is 24.4 Å². The fourth-order valence-corrected chi connectivity index (χ4v) is 3.87. The summed E-state index contributed by atoms with van der Waals surface area (Å²) < 4.78 is 10.4. The molecule has 0 saturated carbocycles. The topological polar surface area (TPSA) is 102 Å². The Morgan fingerprint density at radius 1 is 1.03 bits per heavy atom. The van der Waals surface area contributed by atoms with Crippen molar-refractivity contribution >= 4 is 28.9 Å². The monoisotopic (exact) mass is 435 g/mol. The summed E-state index contributed by atoms with van der Waals surface area (Å²) in [5.74, 6) is -0.700. The number of esters is 2. The SMILES string of the molecule is CCOC(=O)C1CCN(C(=O)COC(=O)c2ccccc2-c2nc3ccccc3[nH]2)CC1. The lowest BCUT2D eigenvalue weighted by Crippen LogP contribution is -2.42. The fraction of sp³-hybridized carbons (Fsp3) is 0.333. The van der Waals surface area contributed by atoms with Crippen LogP contribution in [0.5, 0.6) is 0 Å². The highest BCUT2D eigenvalue weighted by molar-refractivity contribution is 5.98. The Kier molecular flexibility index (Phi) is 6.49. The molecule has 4 rings (SSSR count). The third-order valence-electron chi connectivity index (χ3n) is 5.59. The van der Waals surface area contributed by atoms with E-state index in [4.69, 9.17) is 9.47 Å². The first kappa shape index (κ1) is 21.5. The number of aromatic amines is 1. The molecule has 2 aromatic carbocycles. The first-order valence-corrected chi connectivity index (χ1v) is 10.7. The number of piperidine rings is 1. The maximum absolute atomic E-state index is 12.8. The van der Waals surface area contributed by atoms with Crippen LogP contribution in [0.4, 0.5) is 0 Å². The summed E-state index contributed by atoms with van der Waals surface area (Å²) in [6.07, 6.45) is 1.10. The van der Waals surface area contributed by atoms with Gasteiger partial charge < -0.3 is 19.4 Å². The van der Waals surface area contributed by atoms with Gasteiger partial charge in [0.2, 0.25) is 0 Å². The van der Waals surface area contributed by atoms with E-state index >= 15 is 0 Å². The quantitative estimate of drug-likeness (QED) is 0.597. The predicted molar refractivity (Wildman–Crippen MR) is 118 cm³/mol. The number of carbonyl (C=O) groups is 3. The summed E-state index contributed by atoms with van der Waals surface area (Å²) in [6.45, 7) is 2.66. The van der Waals surface area contributed by atoms with Gasteiger partial charge in [0.25, 0.3) is 5.91 Å². The number of aromatic nitrogens is 2. The molecular weight excluding hydrogens is 410 g/mol. The number of H-pyrrole nitrogens is 1. The summed E-state index contributed by atoms with van der Waals surface area (Å²) in [5.41, 5.74) is 2.61. The molecule has 2 heterocycles. The number of nitrogens with zero attached hydrogens (tertiary/aromatic N) is 2. The number of para-hydroxylation sites is 2. The molecule has 0 aliphatic carbocycles. The van der Waals surface area contributed by atoms with Crippen LogP contribution in [0.3, 0.4) is 0 Å². The van der Waals surface area contributed by atoms with Crippen LogP contribution in [-0.4, -0.2) is 59.0 Å². The van der Waals surface area contributed by atoms with E-state index in [9.17, 15) is 14.4 Å². The molecule has 3 aromatic rings. The van der Waals surface area contributed by atoms with Crippen molar-refractivity contribution in [2.45, 2.75) is 19.8 Å². The number of hydrogen-bond acceptors (Lipinski definition) is 6. The van der Waals surface area contributed by atoms with Crippen molar-refractivity contribution in [3.63, 3.8) is 0 Å². The average Bonchev–Trinajstić information content (AvgIpc) is 3.27. The lowest BCUT2D eigenvalue weighted by Gasteiger charge is -2.30. The Balaban J connectivity index is 1.38. The van der Waals surface area contributed by atoms with Crippen molar-refractivity contribution in [2.24, 2.45) is 5.92 Å². The molecule has 1 saturated heterocycles. The van der Waals surface area contributed by atoms with Gasteiger partial charge in [0.15, 0.2) is 6.61 Å². The number of benzene rings is 2. The molecule has 0 atom stereocenters. The largest absolute Gasteiger partial charge is 0.466 e. The molecular formula is C24H25N3O5. The number of carbonyl (C=O) groups excluding carboxylic acids is 3. The Morgan fingerprint density at radius 3 is 2.50 bits per heavy atom. The Labute approximate surface area is 185 Å². The molecule has 1 N–H and O–H groups in total. The molecule has 32 heavy (non-hydrogen) atoms. The summed E-state index contributed by atoms with van der Waals surface area (Å²) in [4.78, 5) is 46.5. The van der Waals surface area contributed by atoms with Gasteiger partial charge in [-0.05, 0) is 38.0 Å². The van der Waals surface area contributed by atoms with Crippen molar-refractivity contribution in [1.29, 1.82) is 0 Å². The zero-order chi connectivity index (χ0) is 22.5. The number of hydrogen-bond donors (Lipinski definition) is 1. The van der Waals surface area contributed by atoms with Gasteiger partial charge in [0, 0.05) is 18.7 Å². The molecule has 0 bridgehead atoms. The number of amides is 1. The third kappa shape index (κ3) is 4.64. The van der Waals surface area contributed by atoms with E-state index in [0.29, 0.717) is 49.5 Å². The number of rotatable bonds is 6. The minimum Gasteiger partial charge on any atom is -0.466 e. The highest BCUT2D eigenvalue weighted by Gasteiger charge is 2.28. The number of fused-ring (bicyclic) bond motifs is 1. The van der Waals surface area contributed by atoms with Crippen LogP contribution in [0.2, 0.25) is 0 Å². The third-order valence-corrected chi connectivity index (χ3v) is 5.59. The Morgan fingerprint density at radius 2 is 1.75 bits per heavy atom. The molecule has 0 radical (unpaired) electrons. The highest BCUT2D eigenvalue weighted by Crippen LogP contribution is 2.25. The van der Waals surface area contributed by atoms with Gasteiger partial charge in [-0.15, -0.1) is 0 Å².